The molecule has 1 N–H and O–H groups in total. The van der Waals surface area contributed by atoms with E-state index in [1.54, 1.807) is 31.0 Å². The zero-order valence-electron chi connectivity index (χ0n) is 16.6. The Morgan fingerprint density at radius 1 is 1.13 bits per heavy atom. The number of hydrogen-bond donors (Lipinski definition) is 1. The lowest BCUT2D eigenvalue weighted by atomic mass is 10.1. The van der Waals surface area contributed by atoms with Gasteiger partial charge in [-0.15, -0.1) is 0 Å². The summed E-state index contributed by atoms with van der Waals surface area (Å²) in [6.45, 7) is 1.73. The van der Waals surface area contributed by atoms with Crippen LogP contribution in [0.2, 0.25) is 0 Å². The second kappa shape index (κ2) is 8.48. The summed E-state index contributed by atoms with van der Waals surface area (Å²) in [6.07, 6.45) is 4.92. The molecule has 4 rings (SSSR count). The third-order valence-corrected chi connectivity index (χ3v) is 4.60. The Labute approximate surface area is 173 Å². The largest absolute Gasteiger partial charge is 0.497 e. The highest BCUT2D eigenvalue weighted by atomic mass is 16.5. The van der Waals surface area contributed by atoms with Gasteiger partial charge in [0.1, 0.15) is 17.2 Å². The smallest absolute Gasteiger partial charge is 0.274 e. The second-order valence-electron chi connectivity index (χ2n) is 6.53. The fraction of sp³-hybridized carbons (Fsp3) is 0.0870. The van der Waals surface area contributed by atoms with Crippen molar-refractivity contribution in [1.29, 1.82) is 0 Å². The zero-order valence-corrected chi connectivity index (χ0v) is 16.6. The van der Waals surface area contributed by atoms with Gasteiger partial charge in [-0.2, -0.15) is 10.2 Å². The topological polar surface area (TPSA) is 81.6 Å². The van der Waals surface area contributed by atoms with E-state index in [0.717, 1.165) is 28.3 Å². The molecule has 7 nitrogen and oxygen atoms in total. The van der Waals surface area contributed by atoms with Crippen LogP contribution in [0.25, 0.3) is 16.9 Å². The molecule has 0 bridgehead atoms. The number of amides is 1. The molecule has 1 amide bonds. The van der Waals surface area contributed by atoms with E-state index in [-0.39, 0.29) is 5.91 Å². The molecule has 0 saturated heterocycles. The number of benzene rings is 2. The van der Waals surface area contributed by atoms with Gasteiger partial charge in [0.05, 0.1) is 30.8 Å². The number of ether oxygens (including phenoxy) is 1. The van der Waals surface area contributed by atoms with Gasteiger partial charge < -0.3 is 9.15 Å². The molecule has 150 valence electrons. The minimum absolute atomic E-state index is 0.334. The van der Waals surface area contributed by atoms with E-state index >= 15 is 0 Å². The Balaban J connectivity index is 1.65. The lowest BCUT2D eigenvalue weighted by Gasteiger charge is -2.02. The number of rotatable bonds is 6. The maximum Gasteiger partial charge on any atom is 0.274 e. The monoisotopic (exact) mass is 400 g/mol. The standard InChI is InChI=1S/C23H20N4O3/c1-16-21(12-13-30-16)23(28)25-24-14-18-15-27(19-6-4-3-5-7-19)26-22(18)17-8-10-20(29-2)11-9-17/h3-15H,1-2H3,(H,25,28)/b24-14+. The summed E-state index contributed by atoms with van der Waals surface area (Å²) in [6, 6.07) is 19.0. The molecule has 7 heteroatoms. The highest BCUT2D eigenvalue weighted by molar-refractivity contribution is 5.96. The molecule has 0 saturated carbocycles. The molecule has 4 aromatic rings. The quantitative estimate of drug-likeness (QED) is 0.388. The second-order valence-corrected chi connectivity index (χ2v) is 6.53. The SMILES string of the molecule is COc1ccc(-c2nn(-c3ccccc3)cc2/C=N/NC(=O)c2ccoc2C)cc1. The Morgan fingerprint density at radius 2 is 1.90 bits per heavy atom. The fourth-order valence-corrected chi connectivity index (χ4v) is 3.01. The molecule has 2 heterocycles. The van der Waals surface area contributed by atoms with Crippen LogP contribution in [0, 0.1) is 6.92 Å². The number of nitrogens with zero attached hydrogens (tertiary/aromatic N) is 3. The molecule has 0 atom stereocenters. The number of nitrogens with one attached hydrogen (secondary N) is 1. The van der Waals surface area contributed by atoms with Crippen LogP contribution >= 0.6 is 0 Å². The molecule has 2 aromatic heterocycles. The van der Waals surface area contributed by atoms with Crippen LogP contribution in [-0.4, -0.2) is 29.0 Å². The van der Waals surface area contributed by atoms with Gasteiger partial charge in [-0.05, 0) is 49.4 Å². The van der Waals surface area contributed by atoms with Crippen molar-refractivity contribution in [3.63, 3.8) is 0 Å². The Hall–Kier alpha value is -4.13. The number of aryl methyl sites for hydroxylation is 1. The van der Waals surface area contributed by atoms with Gasteiger partial charge in [0, 0.05) is 17.3 Å². The molecule has 0 spiro atoms. The highest BCUT2D eigenvalue weighted by Gasteiger charge is 2.13. The molecular formula is C23H20N4O3. The molecule has 2 aromatic carbocycles. The number of carbonyl (C=O) groups excluding carboxylic acids is 1. The number of hydrogen-bond acceptors (Lipinski definition) is 5. The molecule has 0 fully saturated rings. The van der Waals surface area contributed by atoms with Crippen LogP contribution in [0.15, 0.2) is 82.6 Å². The molecular weight excluding hydrogens is 380 g/mol. The zero-order chi connectivity index (χ0) is 20.9. The van der Waals surface area contributed by atoms with Gasteiger partial charge in [-0.3, -0.25) is 4.79 Å². The van der Waals surface area contributed by atoms with Gasteiger partial charge in [0.25, 0.3) is 5.91 Å². The van der Waals surface area contributed by atoms with Crippen LogP contribution in [-0.2, 0) is 0 Å². The van der Waals surface area contributed by atoms with E-state index < -0.39 is 0 Å². The van der Waals surface area contributed by atoms with Gasteiger partial charge in [-0.1, -0.05) is 18.2 Å². The van der Waals surface area contributed by atoms with E-state index in [9.17, 15) is 4.79 Å². The molecule has 0 aliphatic rings. The summed E-state index contributed by atoms with van der Waals surface area (Å²) in [5.74, 6) is 0.969. The summed E-state index contributed by atoms with van der Waals surface area (Å²) in [4.78, 5) is 12.2. The lowest BCUT2D eigenvalue weighted by molar-refractivity contribution is 0.0953. The Morgan fingerprint density at radius 3 is 2.57 bits per heavy atom. The van der Waals surface area contributed by atoms with Crippen molar-refractivity contribution in [3.8, 4) is 22.7 Å². The highest BCUT2D eigenvalue weighted by Crippen LogP contribution is 2.25. The number of para-hydroxylation sites is 1. The summed E-state index contributed by atoms with van der Waals surface area (Å²) in [7, 11) is 1.63. The fourth-order valence-electron chi connectivity index (χ4n) is 3.01. The van der Waals surface area contributed by atoms with Crippen LogP contribution in [0.3, 0.4) is 0 Å². The van der Waals surface area contributed by atoms with Crippen molar-refractivity contribution in [2.24, 2.45) is 5.10 Å². The number of carbonyl (C=O) groups is 1. The van der Waals surface area contributed by atoms with Gasteiger partial charge in [0.2, 0.25) is 0 Å². The number of furan rings is 1. The van der Waals surface area contributed by atoms with Crippen molar-refractivity contribution >= 4 is 12.1 Å². The number of hydrazone groups is 1. The Bertz CT molecular complexity index is 1170. The van der Waals surface area contributed by atoms with Crippen molar-refractivity contribution < 1.29 is 13.9 Å². The van der Waals surface area contributed by atoms with Crippen LogP contribution in [0.1, 0.15) is 21.7 Å². The van der Waals surface area contributed by atoms with Crippen molar-refractivity contribution in [3.05, 3.63) is 90.0 Å². The summed E-state index contributed by atoms with van der Waals surface area (Å²) in [5.41, 5.74) is 6.30. The van der Waals surface area contributed by atoms with E-state index in [2.05, 4.69) is 10.5 Å². The number of aromatic nitrogens is 2. The molecule has 0 aliphatic carbocycles. The first-order valence-corrected chi connectivity index (χ1v) is 9.32. The maximum absolute atomic E-state index is 12.2. The van der Waals surface area contributed by atoms with Crippen LogP contribution in [0.4, 0.5) is 0 Å². The Kier molecular flexibility index (Phi) is 5.43. The van der Waals surface area contributed by atoms with Crippen molar-refractivity contribution in [2.45, 2.75) is 6.92 Å². The average molecular weight is 400 g/mol. The van der Waals surface area contributed by atoms with Crippen molar-refractivity contribution in [2.75, 3.05) is 7.11 Å². The first-order chi connectivity index (χ1) is 14.7. The summed E-state index contributed by atoms with van der Waals surface area (Å²) in [5, 5.41) is 8.85. The molecule has 0 unspecified atom stereocenters. The minimum Gasteiger partial charge on any atom is -0.497 e. The van der Waals surface area contributed by atoms with Crippen LogP contribution in [0.5, 0.6) is 5.75 Å². The summed E-state index contributed by atoms with van der Waals surface area (Å²) < 4.78 is 12.2. The first kappa shape index (κ1) is 19.2. The summed E-state index contributed by atoms with van der Waals surface area (Å²) >= 11 is 0. The van der Waals surface area contributed by atoms with Gasteiger partial charge in [0.15, 0.2) is 0 Å². The number of methoxy groups -OCH3 is 1. The van der Waals surface area contributed by atoms with Gasteiger partial charge in [-0.25, -0.2) is 10.1 Å². The maximum atomic E-state index is 12.2. The van der Waals surface area contributed by atoms with E-state index in [1.807, 2.05) is 60.8 Å². The molecule has 0 radical (unpaired) electrons. The normalized spacial score (nSPS) is 11.0. The van der Waals surface area contributed by atoms with Crippen LogP contribution < -0.4 is 10.2 Å². The van der Waals surface area contributed by atoms with E-state index in [0.29, 0.717) is 11.3 Å². The average Bonchev–Trinajstić information content (AvgIpc) is 3.41. The lowest BCUT2D eigenvalue weighted by Crippen LogP contribution is -2.17. The van der Waals surface area contributed by atoms with Crippen molar-refractivity contribution in [1.82, 2.24) is 15.2 Å². The third kappa shape index (κ3) is 4.00. The molecule has 0 aliphatic heterocycles. The minimum atomic E-state index is -0.334. The predicted molar refractivity (Wildman–Crippen MR) is 114 cm³/mol. The van der Waals surface area contributed by atoms with E-state index in [4.69, 9.17) is 14.3 Å². The van der Waals surface area contributed by atoms with Gasteiger partial charge >= 0.3 is 0 Å². The third-order valence-electron chi connectivity index (χ3n) is 4.60. The van der Waals surface area contributed by atoms with E-state index in [1.165, 1.54) is 6.26 Å². The first-order valence-electron chi connectivity index (χ1n) is 9.32. The predicted octanol–water partition coefficient (Wildman–Crippen LogP) is 4.21. The molecule has 30 heavy (non-hydrogen) atoms.